The van der Waals surface area contributed by atoms with Gasteiger partial charge in [-0.05, 0) is 41.5 Å². The zero-order chi connectivity index (χ0) is 9.28. The Labute approximate surface area is 70.5 Å². The Morgan fingerprint density at radius 2 is 1.45 bits per heavy atom. The van der Waals surface area contributed by atoms with Gasteiger partial charge >= 0.3 is 0 Å². The van der Waals surface area contributed by atoms with Crippen LogP contribution in [-0.4, -0.2) is 17.1 Å². The fourth-order valence-corrected chi connectivity index (χ4v) is 0.836. The van der Waals surface area contributed by atoms with Gasteiger partial charge in [0.2, 0.25) is 0 Å². The summed E-state index contributed by atoms with van der Waals surface area (Å²) in [6.45, 7) is 12.6. The van der Waals surface area contributed by atoms with Crippen molar-refractivity contribution in [1.29, 1.82) is 0 Å². The summed E-state index contributed by atoms with van der Waals surface area (Å²) in [6.07, 6.45) is 0. The molecule has 0 aromatic heterocycles. The van der Waals surface area contributed by atoms with E-state index in [0.717, 1.165) is 0 Å². The molecule has 0 aliphatic heterocycles. The molecule has 0 bridgehead atoms. The average molecular weight is 158 g/mol. The molecule has 1 atom stereocenters. The number of rotatable bonds is 2. The van der Waals surface area contributed by atoms with Gasteiger partial charge in [0, 0.05) is 17.1 Å². The molecule has 2 nitrogen and oxygen atoms in total. The molecule has 0 aromatic carbocycles. The lowest BCUT2D eigenvalue weighted by molar-refractivity contribution is 0.287. The van der Waals surface area contributed by atoms with Gasteiger partial charge in [-0.2, -0.15) is 0 Å². The third-order valence-corrected chi connectivity index (χ3v) is 1.77. The van der Waals surface area contributed by atoms with Crippen molar-refractivity contribution >= 4 is 0 Å². The molecule has 3 N–H and O–H groups in total. The summed E-state index contributed by atoms with van der Waals surface area (Å²) in [7, 11) is 0. The molecule has 0 heterocycles. The topological polar surface area (TPSA) is 38.0 Å². The minimum absolute atomic E-state index is 0.146. The van der Waals surface area contributed by atoms with E-state index in [1.165, 1.54) is 0 Å². The van der Waals surface area contributed by atoms with Crippen molar-refractivity contribution in [3.63, 3.8) is 0 Å². The summed E-state index contributed by atoms with van der Waals surface area (Å²) in [6, 6.07) is 0.336. The van der Waals surface area contributed by atoms with Gasteiger partial charge in [0.1, 0.15) is 0 Å². The highest BCUT2D eigenvalue weighted by Gasteiger charge is 2.24. The predicted molar refractivity (Wildman–Crippen MR) is 50.6 cm³/mol. The first kappa shape index (κ1) is 10.9. The maximum Gasteiger partial charge on any atom is 0.0250 e. The first-order chi connectivity index (χ1) is 4.63. The molecule has 0 aliphatic carbocycles. The van der Waals surface area contributed by atoms with Crippen LogP contribution in [0.25, 0.3) is 0 Å². The van der Waals surface area contributed by atoms with Crippen LogP contribution in [0.3, 0.4) is 0 Å². The van der Waals surface area contributed by atoms with Crippen LogP contribution in [0.4, 0.5) is 0 Å². The van der Waals surface area contributed by atoms with E-state index in [0.29, 0.717) is 6.04 Å². The molecule has 0 aromatic rings. The maximum absolute atomic E-state index is 5.92. The minimum Gasteiger partial charge on any atom is -0.324 e. The predicted octanol–water partition coefficient (Wildman–Crippen LogP) is 1.50. The van der Waals surface area contributed by atoms with Crippen LogP contribution in [0.1, 0.15) is 41.5 Å². The summed E-state index contributed by atoms with van der Waals surface area (Å²) >= 11 is 0. The molecular formula is C9H22N2. The van der Waals surface area contributed by atoms with Crippen molar-refractivity contribution in [3.8, 4) is 0 Å². The number of hydrogen-bond acceptors (Lipinski definition) is 2. The van der Waals surface area contributed by atoms with Crippen LogP contribution in [0, 0.1) is 0 Å². The lowest BCUT2D eigenvalue weighted by Crippen LogP contribution is -2.56. The van der Waals surface area contributed by atoms with Crippen LogP contribution >= 0.6 is 0 Å². The van der Waals surface area contributed by atoms with Crippen molar-refractivity contribution in [2.45, 2.75) is 58.7 Å². The second kappa shape index (κ2) is 3.11. The van der Waals surface area contributed by atoms with Crippen LogP contribution in [0.15, 0.2) is 0 Å². The van der Waals surface area contributed by atoms with E-state index in [1.807, 2.05) is 13.8 Å². The molecule has 0 saturated carbocycles. The molecule has 0 radical (unpaired) electrons. The SMILES string of the molecule is CC(NC(C)(C)C)C(C)(C)N. The van der Waals surface area contributed by atoms with Crippen LogP contribution in [-0.2, 0) is 0 Å². The molecule has 0 fully saturated rings. The third kappa shape index (κ3) is 5.22. The summed E-state index contributed by atoms with van der Waals surface area (Å²) in [4.78, 5) is 0. The van der Waals surface area contributed by atoms with Crippen LogP contribution in [0.5, 0.6) is 0 Å². The highest BCUT2D eigenvalue weighted by molar-refractivity contribution is 4.88. The Kier molecular flexibility index (Phi) is 3.09. The van der Waals surface area contributed by atoms with E-state index < -0.39 is 0 Å². The van der Waals surface area contributed by atoms with Gasteiger partial charge < -0.3 is 11.1 Å². The monoisotopic (exact) mass is 158 g/mol. The number of nitrogens with one attached hydrogen (secondary N) is 1. The van der Waals surface area contributed by atoms with E-state index in [-0.39, 0.29) is 11.1 Å². The van der Waals surface area contributed by atoms with Crippen molar-refractivity contribution in [2.75, 3.05) is 0 Å². The van der Waals surface area contributed by atoms with E-state index in [1.54, 1.807) is 0 Å². The first-order valence-electron chi connectivity index (χ1n) is 4.19. The fraction of sp³-hybridized carbons (Fsp3) is 1.00. The van der Waals surface area contributed by atoms with Gasteiger partial charge in [0.15, 0.2) is 0 Å². The third-order valence-electron chi connectivity index (χ3n) is 1.77. The standard InChI is InChI=1S/C9H22N2/c1-7(9(5,6)10)11-8(2,3)4/h7,11H,10H2,1-6H3. The number of nitrogens with two attached hydrogens (primary N) is 1. The first-order valence-corrected chi connectivity index (χ1v) is 4.19. The van der Waals surface area contributed by atoms with Gasteiger partial charge in [-0.15, -0.1) is 0 Å². The Bertz CT molecular complexity index is 117. The molecule has 0 spiro atoms. The molecule has 0 aliphatic rings. The Morgan fingerprint density at radius 3 is 1.55 bits per heavy atom. The van der Waals surface area contributed by atoms with Gasteiger partial charge in [-0.25, -0.2) is 0 Å². The smallest absolute Gasteiger partial charge is 0.0250 e. The second-order valence-electron chi connectivity index (χ2n) is 4.94. The van der Waals surface area contributed by atoms with Gasteiger partial charge in [-0.1, -0.05) is 0 Å². The Balaban J connectivity index is 3.99. The zero-order valence-corrected chi connectivity index (χ0v) is 8.65. The average Bonchev–Trinajstić information content (AvgIpc) is 1.56. The maximum atomic E-state index is 5.92. The van der Waals surface area contributed by atoms with Crippen molar-refractivity contribution in [3.05, 3.63) is 0 Å². The lowest BCUT2D eigenvalue weighted by Gasteiger charge is -2.34. The van der Waals surface area contributed by atoms with Crippen molar-refractivity contribution in [1.82, 2.24) is 5.32 Å². The largest absolute Gasteiger partial charge is 0.324 e. The molecule has 68 valence electrons. The quantitative estimate of drug-likeness (QED) is 0.639. The van der Waals surface area contributed by atoms with Crippen molar-refractivity contribution < 1.29 is 0 Å². The molecule has 11 heavy (non-hydrogen) atoms. The number of hydrogen-bond donors (Lipinski definition) is 2. The summed E-state index contributed by atoms with van der Waals surface area (Å²) in [5.74, 6) is 0. The van der Waals surface area contributed by atoms with Crippen LogP contribution in [0.2, 0.25) is 0 Å². The van der Waals surface area contributed by atoms with Gasteiger partial charge in [0.25, 0.3) is 0 Å². The van der Waals surface area contributed by atoms with E-state index in [2.05, 4.69) is 33.0 Å². The molecule has 2 heteroatoms. The van der Waals surface area contributed by atoms with E-state index >= 15 is 0 Å². The zero-order valence-electron chi connectivity index (χ0n) is 8.65. The fourth-order valence-electron chi connectivity index (χ4n) is 0.836. The molecule has 1 unspecified atom stereocenters. The van der Waals surface area contributed by atoms with E-state index in [4.69, 9.17) is 5.73 Å². The normalized spacial score (nSPS) is 16.6. The Morgan fingerprint density at radius 1 is 1.09 bits per heavy atom. The van der Waals surface area contributed by atoms with Gasteiger partial charge in [-0.3, -0.25) is 0 Å². The molecule has 0 rings (SSSR count). The highest BCUT2D eigenvalue weighted by atomic mass is 15.0. The summed E-state index contributed by atoms with van der Waals surface area (Å²) in [5.41, 5.74) is 5.93. The van der Waals surface area contributed by atoms with E-state index in [9.17, 15) is 0 Å². The molecule has 0 amide bonds. The van der Waals surface area contributed by atoms with Gasteiger partial charge in [0.05, 0.1) is 0 Å². The van der Waals surface area contributed by atoms with Crippen molar-refractivity contribution in [2.24, 2.45) is 5.73 Å². The Hall–Kier alpha value is -0.0800. The lowest BCUT2D eigenvalue weighted by atomic mass is 9.95. The summed E-state index contributed by atoms with van der Waals surface area (Å²) in [5, 5.41) is 3.43. The summed E-state index contributed by atoms with van der Waals surface area (Å²) < 4.78 is 0. The molecule has 0 saturated heterocycles. The molecular weight excluding hydrogens is 136 g/mol. The minimum atomic E-state index is -0.146. The van der Waals surface area contributed by atoms with Crippen LogP contribution < -0.4 is 11.1 Å². The second-order valence-corrected chi connectivity index (χ2v) is 4.94. The highest BCUT2D eigenvalue weighted by Crippen LogP contribution is 2.09.